The zero-order valence-electron chi connectivity index (χ0n) is 19.1. The van der Waals surface area contributed by atoms with Crippen molar-refractivity contribution in [2.24, 2.45) is 5.92 Å². The third kappa shape index (κ3) is 4.79. The summed E-state index contributed by atoms with van der Waals surface area (Å²) in [4.78, 5) is 0. The van der Waals surface area contributed by atoms with Crippen LogP contribution in [0.25, 0.3) is 22.3 Å². The molecular weight excluding hydrogens is 444 g/mol. The molecule has 0 saturated carbocycles. The number of aryl methyl sites for hydroxylation is 1. The summed E-state index contributed by atoms with van der Waals surface area (Å²) in [7, 11) is 0. The molecular formula is C28H26F4O2. The lowest BCUT2D eigenvalue weighted by Crippen LogP contribution is -2.26. The minimum atomic E-state index is -1.03. The summed E-state index contributed by atoms with van der Waals surface area (Å²) in [5.41, 5.74) is 1.37. The summed E-state index contributed by atoms with van der Waals surface area (Å²) in [5, 5.41) is 0. The molecule has 0 N–H and O–H groups in total. The molecule has 2 nitrogen and oxygen atoms in total. The van der Waals surface area contributed by atoms with E-state index in [1.807, 2.05) is 26.0 Å². The van der Waals surface area contributed by atoms with Crippen molar-refractivity contribution in [3.8, 4) is 22.3 Å². The molecule has 1 heterocycles. The van der Waals surface area contributed by atoms with Gasteiger partial charge in [-0.2, -0.15) is 0 Å². The second kappa shape index (κ2) is 10.5. The van der Waals surface area contributed by atoms with Gasteiger partial charge in [0.2, 0.25) is 0 Å². The van der Waals surface area contributed by atoms with Gasteiger partial charge >= 0.3 is 0 Å². The van der Waals surface area contributed by atoms with Gasteiger partial charge < -0.3 is 9.47 Å². The minimum Gasteiger partial charge on any atom is -0.348 e. The molecule has 4 rings (SSSR count). The molecule has 6 heteroatoms. The van der Waals surface area contributed by atoms with Crippen LogP contribution in [0.15, 0.2) is 60.7 Å². The molecule has 3 aromatic rings. The summed E-state index contributed by atoms with van der Waals surface area (Å²) < 4.78 is 69.9. The van der Waals surface area contributed by atoms with Crippen molar-refractivity contribution in [1.29, 1.82) is 0 Å². The van der Waals surface area contributed by atoms with Gasteiger partial charge in [0, 0.05) is 22.6 Å². The van der Waals surface area contributed by atoms with E-state index in [1.165, 1.54) is 12.1 Å². The van der Waals surface area contributed by atoms with E-state index >= 15 is 0 Å². The van der Waals surface area contributed by atoms with E-state index in [-0.39, 0.29) is 22.6 Å². The van der Waals surface area contributed by atoms with Crippen LogP contribution in [0.3, 0.4) is 0 Å². The van der Waals surface area contributed by atoms with Gasteiger partial charge in [0.05, 0.1) is 13.2 Å². The molecule has 0 aromatic heterocycles. The second-order valence-electron chi connectivity index (χ2n) is 8.34. The molecule has 0 aliphatic carbocycles. The summed E-state index contributed by atoms with van der Waals surface area (Å²) >= 11 is 0. The van der Waals surface area contributed by atoms with Crippen LogP contribution in [0, 0.1) is 29.2 Å². The number of allylic oxidation sites excluding steroid dienone is 1. The zero-order chi connectivity index (χ0) is 24.2. The largest absolute Gasteiger partial charge is 0.348 e. The maximum atomic E-state index is 15.0. The fourth-order valence-corrected chi connectivity index (χ4v) is 4.15. The minimum absolute atomic E-state index is 0.00140. The van der Waals surface area contributed by atoms with Crippen LogP contribution in [-0.2, 0) is 15.9 Å². The van der Waals surface area contributed by atoms with E-state index in [0.717, 1.165) is 0 Å². The highest BCUT2D eigenvalue weighted by molar-refractivity contribution is 5.71. The van der Waals surface area contributed by atoms with Gasteiger partial charge in [0.25, 0.3) is 0 Å². The first-order valence-corrected chi connectivity index (χ1v) is 11.4. The van der Waals surface area contributed by atoms with Crippen molar-refractivity contribution in [2.75, 3.05) is 13.2 Å². The van der Waals surface area contributed by atoms with Crippen LogP contribution in [0.4, 0.5) is 17.6 Å². The molecule has 1 aliphatic heterocycles. The smallest absolute Gasteiger partial charge is 0.186 e. The van der Waals surface area contributed by atoms with E-state index < -0.39 is 29.6 Å². The Morgan fingerprint density at radius 2 is 1.32 bits per heavy atom. The van der Waals surface area contributed by atoms with Crippen LogP contribution in [0.1, 0.15) is 37.7 Å². The summed E-state index contributed by atoms with van der Waals surface area (Å²) in [6, 6.07) is 12.3. The first kappa shape index (κ1) is 24.2. The predicted octanol–water partition coefficient (Wildman–Crippen LogP) is 7.77. The number of hydrogen-bond acceptors (Lipinski definition) is 2. The van der Waals surface area contributed by atoms with Crippen LogP contribution >= 0.6 is 0 Å². The monoisotopic (exact) mass is 470 g/mol. The van der Waals surface area contributed by atoms with Crippen LogP contribution in [-0.4, -0.2) is 13.2 Å². The van der Waals surface area contributed by atoms with Gasteiger partial charge in [0.1, 0.15) is 0 Å². The van der Waals surface area contributed by atoms with Crippen molar-refractivity contribution >= 4 is 0 Å². The fourth-order valence-electron chi connectivity index (χ4n) is 4.15. The van der Waals surface area contributed by atoms with E-state index in [9.17, 15) is 17.6 Å². The maximum Gasteiger partial charge on any atom is 0.186 e. The number of halogens is 4. The highest BCUT2D eigenvalue weighted by Crippen LogP contribution is 2.34. The lowest BCUT2D eigenvalue weighted by molar-refractivity contribution is -0.199. The van der Waals surface area contributed by atoms with E-state index in [2.05, 4.69) is 0 Å². The maximum absolute atomic E-state index is 15.0. The molecule has 0 bridgehead atoms. The van der Waals surface area contributed by atoms with Gasteiger partial charge in [-0.1, -0.05) is 74.0 Å². The molecule has 0 spiro atoms. The van der Waals surface area contributed by atoms with Gasteiger partial charge in [-0.3, -0.25) is 0 Å². The lowest BCUT2D eigenvalue weighted by Gasteiger charge is -2.28. The Bertz CT molecular complexity index is 1180. The van der Waals surface area contributed by atoms with Crippen molar-refractivity contribution in [2.45, 2.75) is 33.0 Å². The predicted molar refractivity (Wildman–Crippen MR) is 124 cm³/mol. The summed E-state index contributed by atoms with van der Waals surface area (Å²) in [6.45, 7) is 4.50. The van der Waals surface area contributed by atoms with Gasteiger partial charge in [-0.15, -0.1) is 0 Å². The Labute approximate surface area is 196 Å². The van der Waals surface area contributed by atoms with Crippen molar-refractivity contribution in [3.05, 3.63) is 95.1 Å². The Balaban J connectivity index is 1.57. The summed E-state index contributed by atoms with van der Waals surface area (Å²) in [5.74, 6) is -3.74. The Morgan fingerprint density at radius 1 is 0.765 bits per heavy atom. The Kier molecular flexibility index (Phi) is 7.49. The van der Waals surface area contributed by atoms with Gasteiger partial charge in [0.15, 0.2) is 29.6 Å². The first-order valence-electron chi connectivity index (χ1n) is 11.4. The highest BCUT2D eigenvalue weighted by atomic mass is 19.2. The van der Waals surface area contributed by atoms with Gasteiger partial charge in [-0.25, -0.2) is 17.6 Å². The standard InChI is InChI=1S/C28H26F4O2/c1-3-5-17-15-33-28(34-16-17)23-14-13-22(26(31)27(23)32)19-9-7-18(8-10-19)21-12-11-20(6-4-2)24(29)25(21)30/h3,5,7-14,17,28H,4,6,15-16H2,1-2H3. The quantitative estimate of drug-likeness (QED) is 0.271. The van der Waals surface area contributed by atoms with Crippen molar-refractivity contribution in [1.82, 2.24) is 0 Å². The molecule has 1 fully saturated rings. The SMILES string of the molecule is CC=CC1COC(c2ccc(-c3ccc(-c4ccc(CCC)c(F)c4F)cc3)c(F)c2F)OC1. The molecule has 3 aromatic carbocycles. The third-order valence-electron chi connectivity index (χ3n) is 5.94. The first-order chi connectivity index (χ1) is 16.4. The number of ether oxygens (including phenoxy) is 2. The Hall–Kier alpha value is -2.96. The summed E-state index contributed by atoms with van der Waals surface area (Å²) in [6.07, 6.45) is 4.03. The normalized spacial score (nSPS) is 18.5. The lowest BCUT2D eigenvalue weighted by atomic mass is 9.97. The van der Waals surface area contributed by atoms with Crippen molar-refractivity contribution < 1.29 is 27.0 Å². The fraction of sp³-hybridized carbons (Fsp3) is 0.286. The molecule has 0 radical (unpaired) electrons. The van der Waals surface area contributed by atoms with Crippen LogP contribution in [0.2, 0.25) is 0 Å². The molecule has 1 aliphatic rings. The van der Waals surface area contributed by atoms with Crippen molar-refractivity contribution in [3.63, 3.8) is 0 Å². The van der Waals surface area contributed by atoms with E-state index in [4.69, 9.17) is 9.47 Å². The Morgan fingerprint density at radius 3 is 1.88 bits per heavy atom. The number of rotatable bonds is 6. The van der Waals surface area contributed by atoms with Crippen LogP contribution in [0.5, 0.6) is 0 Å². The average molecular weight is 471 g/mol. The molecule has 0 atom stereocenters. The molecule has 1 saturated heterocycles. The second-order valence-corrected chi connectivity index (χ2v) is 8.34. The molecule has 178 valence electrons. The highest BCUT2D eigenvalue weighted by Gasteiger charge is 2.27. The van der Waals surface area contributed by atoms with E-state index in [1.54, 1.807) is 36.4 Å². The topological polar surface area (TPSA) is 18.5 Å². The number of hydrogen-bond donors (Lipinski definition) is 0. The third-order valence-corrected chi connectivity index (χ3v) is 5.94. The number of benzene rings is 3. The average Bonchev–Trinajstić information content (AvgIpc) is 2.85. The molecule has 0 amide bonds. The van der Waals surface area contributed by atoms with Gasteiger partial charge in [-0.05, 0) is 30.0 Å². The zero-order valence-corrected chi connectivity index (χ0v) is 19.1. The van der Waals surface area contributed by atoms with E-state index in [0.29, 0.717) is 42.7 Å². The van der Waals surface area contributed by atoms with Crippen LogP contribution < -0.4 is 0 Å². The molecule has 34 heavy (non-hydrogen) atoms. The molecule has 0 unspecified atom stereocenters.